The van der Waals surface area contributed by atoms with Crippen molar-refractivity contribution >= 4 is 33.1 Å². The summed E-state index contributed by atoms with van der Waals surface area (Å²) in [5.41, 5.74) is 10.5. The van der Waals surface area contributed by atoms with Gasteiger partial charge in [-0.1, -0.05) is 6.07 Å². The Kier molecular flexibility index (Phi) is 2.96. The molecule has 0 aliphatic heterocycles. The molecule has 1 aromatic carbocycles. The molecule has 4 heteroatoms. The summed E-state index contributed by atoms with van der Waals surface area (Å²) in [5.74, 6) is 0.705. The number of anilines is 3. The summed E-state index contributed by atoms with van der Waals surface area (Å²) < 4.78 is 0.888. The lowest BCUT2D eigenvalue weighted by Gasteiger charge is -2.10. The second-order valence-corrected chi connectivity index (χ2v) is 5.47. The maximum absolute atomic E-state index is 5.93. The summed E-state index contributed by atoms with van der Waals surface area (Å²) in [6.07, 6.45) is 5.38. The van der Waals surface area contributed by atoms with Gasteiger partial charge in [0.05, 0.1) is 5.69 Å². The largest absolute Gasteiger partial charge is 0.396 e. The number of fused-ring (bicyclic) bond motifs is 1. The van der Waals surface area contributed by atoms with Gasteiger partial charge in [-0.2, -0.15) is 0 Å². The second-order valence-electron chi connectivity index (χ2n) is 4.55. The molecule has 18 heavy (non-hydrogen) atoms. The minimum Gasteiger partial charge on any atom is -0.396 e. The van der Waals surface area contributed by atoms with Crippen LogP contribution in [0, 0.1) is 0 Å². The molecule has 0 atom stereocenters. The lowest BCUT2D eigenvalue weighted by atomic mass is 10.1. The van der Waals surface area contributed by atoms with Crippen LogP contribution >= 0.6 is 15.9 Å². The zero-order valence-corrected chi connectivity index (χ0v) is 11.5. The number of benzene rings is 1. The van der Waals surface area contributed by atoms with E-state index < -0.39 is 0 Å². The van der Waals surface area contributed by atoms with Gasteiger partial charge < -0.3 is 11.1 Å². The predicted molar refractivity (Wildman–Crippen MR) is 78.1 cm³/mol. The highest BCUT2D eigenvalue weighted by molar-refractivity contribution is 9.10. The number of halogens is 1. The Morgan fingerprint density at radius 2 is 2.00 bits per heavy atom. The number of hydrogen-bond acceptors (Lipinski definition) is 3. The van der Waals surface area contributed by atoms with E-state index in [-0.39, 0.29) is 0 Å². The molecule has 0 saturated heterocycles. The molecule has 1 heterocycles. The zero-order valence-electron chi connectivity index (χ0n) is 9.91. The first kappa shape index (κ1) is 11.5. The molecule has 0 radical (unpaired) electrons. The van der Waals surface area contributed by atoms with Crippen LogP contribution in [0.5, 0.6) is 0 Å². The second kappa shape index (κ2) is 4.61. The van der Waals surface area contributed by atoms with Gasteiger partial charge in [0.2, 0.25) is 0 Å². The minimum atomic E-state index is 0.643. The summed E-state index contributed by atoms with van der Waals surface area (Å²) in [6.45, 7) is 0. The number of aromatic nitrogens is 1. The number of rotatable bonds is 2. The van der Waals surface area contributed by atoms with Crippen molar-refractivity contribution in [1.29, 1.82) is 0 Å². The lowest BCUT2D eigenvalue weighted by Crippen LogP contribution is -1.99. The fourth-order valence-corrected chi connectivity index (χ4v) is 2.69. The van der Waals surface area contributed by atoms with E-state index >= 15 is 0 Å². The molecule has 0 saturated carbocycles. The van der Waals surface area contributed by atoms with Crippen molar-refractivity contribution in [2.24, 2.45) is 0 Å². The third-order valence-corrected chi connectivity index (χ3v) is 3.68. The van der Waals surface area contributed by atoms with E-state index in [1.165, 1.54) is 30.4 Å². The van der Waals surface area contributed by atoms with Crippen LogP contribution < -0.4 is 11.1 Å². The van der Waals surface area contributed by atoms with E-state index in [4.69, 9.17) is 5.73 Å². The summed E-state index contributed by atoms with van der Waals surface area (Å²) in [5, 5.41) is 3.27. The highest BCUT2D eigenvalue weighted by Gasteiger charge is 2.11. The molecule has 92 valence electrons. The van der Waals surface area contributed by atoms with Crippen molar-refractivity contribution in [2.75, 3.05) is 11.1 Å². The van der Waals surface area contributed by atoms with E-state index in [0.717, 1.165) is 10.2 Å². The molecule has 2 aromatic rings. The van der Waals surface area contributed by atoms with Gasteiger partial charge in [0.1, 0.15) is 0 Å². The van der Waals surface area contributed by atoms with Crippen molar-refractivity contribution in [1.82, 2.24) is 4.98 Å². The monoisotopic (exact) mass is 303 g/mol. The van der Waals surface area contributed by atoms with Crippen LogP contribution in [0.4, 0.5) is 17.2 Å². The number of aryl methyl sites for hydroxylation is 2. The van der Waals surface area contributed by atoms with Gasteiger partial charge in [0.15, 0.2) is 5.82 Å². The Balaban J connectivity index is 1.88. The summed E-state index contributed by atoms with van der Waals surface area (Å²) in [6, 6.07) is 8.33. The molecule has 3 nitrogen and oxygen atoms in total. The van der Waals surface area contributed by atoms with E-state index in [1.54, 1.807) is 6.20 Å². The summed E-state index contributed by atoms with van der Waals surface area (Å²) in [7, 11) is 0. The van der Waals surface area contributed by atoms with Crippen molar-refractivity contribution < 1.29 is 0 Å². The lowest BCUT2D eigenvalue weighted by molar-refractivity contribution is 0.912. The molecule has 1 aromatic heterocycles. The number of hydrogen-bond donors (Lipinski definition) is 2. The van der Waals surface area contributed by atoms with E-state index in [1.807, 2.05) is 6.07 Å². The highest BCUT2D eigenvalue weighted by Crippen LogP contribution is 2.28. The highest BCUT2D eigenvalue weighted by atomic mass is 79.9. The molecular formula is C14H14BrN3. The first-order valence-corrected chi connectivity index (χ1v) is 6.81. The molecule has 0 amide bonds. The number of nitrogens with one attached hydrogen (secondary N) is 1. The first-order valence-electron chi connectivity index (χ1n) is 6.02. The molecule has 1 aliphatic carbocycles. The first-order chi connectivity index (χ1) is 8.72. The van der Waals surface area contributed by atoms with Crippen LogP contribution in [0.25, 0.3) is 0 Å². The van der Waals surface area contributed by atoms with Crippen LogP contribution in [-0.2, 0) is 12.8 Å². The predicted octanol–water partition coefficient (Wildman–Crippen LogP) is 3.66. The molecule has 1 aliphatic rings. The van der Waals surface area contributed by atoms with E-state index in [2.05, 4.69) is 44.4 Å². The molecule has 3 rings (SSSR count). The van der Waals surface area contributed by atoms with Gasteiger partial charge in [0.25, 0.3) is 0 Å². The van der Waals surface area contributed by atoms with Crippen LogP contribution in [-0.4, -0.2) is 4.98 Å². The normalized spacial score (nSPS) is 13.4. The Morgan fingerprint density at radius 3 is 2.83 bits per heavy atom. The summed E-state index contributed by atoms with van der Waals surface area (Å²) >= 11 is 3.35. The standard InChI is InChI=1S/C14H14BrN3/c15-11-7-13(16)14(17-8-11)18-12-5-4-9-2-1-3-10(9)6-12/h4-8H,1-3,16H2,(H,17,18). The van der Waals surface area contributed by atoms with Crippen LogP contribution in [0.15, 0.2) is 34.9 Å². The maximum atomic E-state index is 5.93. The fourth-order valence-electron chi connectivity index (χ4n) is 2.35. The average molecular weight is 304 g/mol. The number of nitrogens with zero attached hydrogens (tertiary/aromatic N) is 1. The molecule has 3 N–H and O–H groups in total. The van der Waals surface area contributed by atoms with Gasteiger partial charge in [-0.15, -0.1) is 0 Å². The number of nitrogen functional groups attached to an aromatic ring is 1. The molecular weight excluding hydrogens is 290 g/mol. The van der Waals surface area contributed by atoms with Gasteiger partial charge in [-0.05, 0) is 64.5 Å². The fraction of sp³-hybridized carbons (Fsp3) is 0.214. The topological polar surface area (TPSA) is 50.9 Å². The molecule has 0 fully saturated rings. The Labute approximate surface area is 115 Å². The molecule has 0 bridgehead atoms. The molecule has 0 spiro atoms. The van der Waals surface area contributed by atoms with Gasteiger partial charge >= 0.3 is 0 Å². The molecule has 0 unspecified atom stereocenters. The van der Waals surface area contributed by atoms with Crippen LogP contribution in [0.2, 0.25) is 0 Å². The minimum absolute atomic E-state index is 0.643. The van der Waals surface area contributed by atoms with Crippen molar-refractivity contribution in [3.05, 3.63) is 46.1 Å². The Hall–Kier alpha value is -1.55. The third-order valence-electron chi connectivity index (χ3n) is 3.25. The Morgan fingerprint density at radius 1 is 1.17 bits per heavy atom. The number of nitrogens with two attached hydrogens (primary N) is 1. The quantitative estimate of drug-likeness (QED) is 0.890. The Bertz CT molecular complexity index is 596. The van der Waals surface area contributed by atoms with Crippen molar-refractivity contribution in [3.63, 3.8) is 0 Å². The smallest absolute Gasteiger partial charge is 0.153 e. The van der Waals surface area contributed by atoms with Crippen molar-refractivity contribution in [3.8, 4) is 0 Å². The average Bonchev–Trinajstić information content (AvgIpc) is 2.80. The zero-order chi connectivity index (χ0) is 12.5. The van der Waals surface area contributed by atoms with Gasteiger partial charge in [0, 0.05) is 16.4 Å². The van der Waals surface area contributed by atoms with E-state index in [0.29, 0.717) is 11.5 Å². The maximum Gasteiger partial charge on any atom is 0.153 e. The van der Waals surface area contributed by atoms with Crippen molar-refractivity contribution in [2.45, 2.75) is 19.3 Å². The number of pyridine rings is 1. The van der Waals surface area contributed by atoms with Crippen LogP contribution in [0.3, 0.4) is 0 Å². The van der Waals surface area contributed by atoms with E-state index in [9.17, 15) is 0 Å². The third kappa shape index (κ3) is 2.20. The SMILES string of the molecule is Nc1cc(Br)cnc1Nc1ccc2c(c1)CCC2. The summed E-state index contributed by atoms with van der Waals surface area (Å²) in [4.78, 5) is 4.28. The van der Waals surface area contributed by atoms with Gasteiger partial charge in [-0.3, -0.25) is 0 Å². The van der Waals surface area contributed by atoms with Crippen LogP contribution in [0.1, 0.15) is 17.5 Å². The van der Waals surface area contributed by atoms with Gasteiger partial charge in [-0.25, -0.2) is 4.98 Å².